The molecule has 29 heavy (non-hydrogen) atoms. The van der Waals surface area contributed by atoms with Crippen LogP contribution in [0.4, 0.5) is 0 Å². The number of morpholine rings is 1. The summed E-state index contributed by atoms with van der Waals surface area (Å²) in [6.07, 6.45) is 0. The Kier molecular flexibility index (Phi) is 5.62. The van der Waals surface area contributed by atoms with Crippen molar-refractivity contribution in [3.63, 3.8) is 0 Å². The summed E-state index contributed by atoms with van der Waals surface area (Å²) in [5.74, 6) is -0.673. The van der Waals surface area contributed by atoms with Crippen molar-refractivity contribution >= 4 is 34.8 Å². The maximum absolute atomic E-state index is 12.9. The lowest BCUT2D eigenvalue weighted by atomic mass is 10.0. The highest BCUT2D eigenvalue weighted by Crippen LogP contribution is 2.34. The molecule has 8 heteroatoms. The van der Waals surface area contributed by atoms with Crippen LogP contribution in [0.5, 0.6) is 0 Å². The molecular weight excluding hydrogens is 410 g/mol. The van der Waals surface area contributed by atoms with Gasteiger partial charge in [-0.25, -0.2) is 4.98 Å². The zero-order valence-corrected chi connectivity index (χ0v) is 17.0. The van der Waals surface area contributed by atoms with Gasteiger partial charge in [-0.15, -0.1) is 11.3 Å². The van der Waals surface area contributed by atoms with Gasteiger partial charge < -0.3 is 15.4 Å². The molecular formula is C21H18ClN3O3S. The van der Waals surface area contributed by atoms with Crippen LogP contribution < -0.4 is 5.73 Å². The Bertz CT molecular complexity index is 1080. The van der Waals surface area contributed by atoms with Gasteiger partial charge in [-0.2, -0.15) is 0 Å². The Morgan fingerprint density at radius 3 is 2.59 bits per heavy atom. The highest BCUT2D eigenvalue weighted by atomic mass is 35.5. The number of ether oxygens (including phenoxy) is 1. The molecule has 0 saturated carbocycles. The first-order chi connectivity index (χ1) is 14.0. The van der Waals surface area contributed by atoms with Crippen LogP contribution in [0.1, 0.15) is 20.7 Å². The number of amides is 2. The van der Waals surface area contributed by atoms with E-state index in [9.17, 15) is 9.59 Å². The van der Waals surface area contributed by atoms with Crippen molar-refractivity contribution in [3.05, 3.63) is 64.0 Å². The molecule has 3 aromatic rings. The molecule has 2 N–H and O–H groups in total. The van der Waals surface area contributed by atoms with Gasteiger partial charge in [-0.1, -0.05) is 29.8 Å². The second kappa shape index (κ2) is 8.32. The summed E-state index contributed by atoms with van der Waals surface area (Å²) in [6, 6.07) is 12.3. The van der Waals surface area contributed by atoms with Crippen molar-refractivity contribution in [2.45, 2.75) is 0 Å². The predicted molar refractivity (Wildman–Crippen MR) is 113 cm³/mol. The van der Waals surface area contributed by atoms with E-state index < -0.39 is 5.91 Å². The van der Waals surface area contributed by atoms with Crippen molar-refractivity contribution < 1.29 is 14.3 Å². The van der Waals surface area contributed by atoms with Crippen molar-refractivity contribution in [1.82, 2.24) is 9.88 Å². The topological polar surface area (TPSA) is 85.5 Å². The van der Waals surface area contributed by atoms with Gasteiger partial charge >= 0.3 is 0 Å². The van der Waals surface area contributed by atoms with E-state index in [-0.39, 0.29) is 5.91 Å². The molecule has 0 atom stereocenters. The lowest BCUT2D eigenvalue weighted by Gasteiger charge is -2.27. The first-order valence-corrected chi connectivity index (χ1v) is 10.3. The van der Waals surface area contributed by atoms with Gasteiger partial charge in [0.1, 0.15) is 5.01 Å². The molecule has 1 aromatic heterocycles. The van der Waals surface area contributed by atoms with Crippen molar-refractivity contribution in [1.29, 1.82) is 0 Å². The van der Waals surface area contributed by atoms with E-state index in [1.165, 1.54) is 11.3 Å². The third-order valence-corrected chi connectivity index (χ3v) is 5.92. The van der Waals surface area contributed by atoms with Crippen LogP contribution in [0, 0.1) is 0 Å². The molecule has 1 fully saturated rings. The number of halogens is 1. The number of nitrogens with zero attached hydrogens (tertiary/aromatic N) is 2. The summed E-state index contributed by atoms with van der Waals surface area (Å²) in [6.45, 7) is 2.12. The molecule has 0 bridgehead atoms. The van der Waals surface area contributed by atoms with E-state index in [0.29, 0.717) is 58.7 Å². The van der Waals surface area contributed by atoms with Gasteiger partial charge in [0.25, 0.3) is 5.91 Å². The molecule has 6 nitrogen and oxygen atoms in total. The number of benzene rings is 2. The average Bonchev–Trinajstić information content (AvgIpc) is 3.23. The van der Waals surface area contributed by atoms with E-state index in [2.05, 4.69) is 4.98 Å². The average molecular weight is 428 g/mol. The van der Waals surface area contributed by atoms with Crippen LogP contribution >= 0.6 is 22.9 Å². The number of hydrogen-bond donors (Lipinski definition) is 1. The first-order valence-electron chi connectivity index (χ1n) is 9.06. The number of primary amides is 1. The van der Waals surface area contributed by atoms with Crippen LogP contribution in [-0.2, 0) is 4.74 Å². The van der Waals surface area contributed by atoms with Crippen LogP contribution in [0.2, 0.25) is 5.02 Å². The summed E-state index contributed by atoms with van der Waals surface area (Å²) >= 11 is 7.65. The normalized spacial score (nSPS) is 14.0. The molecule has 2 amide bonds. The fourth-order valence-corrected chi connectivity index (χ4v) is 4.29. The minimum atomic E-state index is -0.570. The Balaban J connectivity index is 1.73. The molecule has 2 aromatic carbocycles. The minimum Gasteiger partial charge on any atom is -0.378 e. The maximum Gasteiger partial charge on any atom is 0.254 e. The largest absolute Gasteiger partial charge is 0.378 e. The van der Waals surface area contributed by atoms with Crippen molar-refractivity contribution in [2.24, 2.45) is 5.73 Å². The Hall–Kier alpha value is -2.74. The zero-order chi connectivity index (χ0) is 20.4. The Labute approximate surface area is 176 Å². The quantitative estimate of drug-likeness (QED) is 0.687. The molecule has 4 rings (SSSR count). The number of carbonyl (C=O) groups excluding carboxylic acids is 2. The molecule has 0 radical (unpaired) electrons. The fraction of sp³-hybridized carbons (Fsp3) is 0.190. The van der Waals surface area contributed by atoms with Gasteiger partial charge in [0.2, 0.25) is 5.91 Å². The van der Waals surface area contributed by atoms with Crippen LogP contribution in [0.3, 0.4) is 0 Å². The monoisotopic (exact) mass is 427 g/mol. The lowest BCUT2D eigenvalue weighted by molar-refractivity contribution is 0.0303. The number of hydrogen-bond acceptors (Lipinski definition) is 5. The third kappa shape index (κ3) is 4.03. The highest BCUT2D eigenvalue weighted by Gasteiger charge is 2.22. The van der Waals surface area contributed by atoms with E-state index in [1.807, 2.05) is 23.6 Å². The Morgan fingerprint density at radius 1 is 1.10 bits per heavy atom. The summed E-state index contributed by atoms with van der Waals surface area (Å²) in [5, 5.41) is 3.07. The summed E-state index contributed by atoms with van der Waals surface area (Å²) in [4.78, 5) is 31.2. The molecule has 1 saturated heterocycles. The van der Waals surface area contributed by atoms with Gasteiger partial charge in [0.15, 0.2) is 0 Å². The third-order valence-electron chi connectivity index (χ3n) is 4.71. The van der Waals surface area contributed by atoms with Gasteiger partial charge in [0.05, 0.1) is 18.9 Å². The van der Waals surface area contributed by atoms with Crippen LogP contribution in [-0.4, -0.2) is 48.0 Å². The molecule has 0 unspecified atom stereocenters. The number of carbonyl (C=O) groups is 2. The molecule has 148 valence electrons. The van der Waals surface area contributed by atoms with E-state index in [0.717, 1.165) is 5.56 Å². The van der Waals surface area contributed by atoms with Crippen molar-refractivity contribution in [2.75, 3.05) is 26.3 Å². The molecule has 0 spiro atoms. The predicted octanol–water partition coefficient (Wildman–Crippen LogP) is 3.70. The SMILES string of the molecule is NC(=O)c1ccc(C(=O)N2CCOCC2)cc1-c1nc(-c2ccccc2Cl)cs1. The summed E-state index contributed by atoms with van der Waals surface area (Å²) < 4.78 is 5.31. The fourth-order valence-electron chi connectivity index (χ4n) is 3.21. The minimum absolute atomic E-state index is 0.103. The van der Waals surface area contributed by atoms with E-state index >= 15 is 0 Å². The van der Waals surface area contributed by atoms with Crippen molar-refractivity contribution in [3.8, 4) is 21.8 Å². The van der Waals surface area contributed by atoms with E-state index in [4.69, 9.17) is 22.1 Å². The van der Waals surface area contributed by atoms with Gasteiger partial charge in [0, 0.05) is 45.7 Å². The maximum atomic E-state index is 12.9. The van der Waals surface area contributed by atoms with Crippen LogP contribution in [0.15, 0.2) is 47.8 Å². The summed E-state index contributed by atoms with van der Waals surface area (Å²) in [5.41, 5.74) is 8.43. The standard InChI is InChI=1S/C21H18ClN3O3S/c22-17-4-2-1-3-15(17)18-12-29-20(24-18)16-11-13(5-6-14(16)19(23)26)21(27)25-7-9-28-10-8-25/h1-6,11-12H,7-10H2,(H2,23,26). The summed E-state index contributed by atoms with van der Waals surface area (Å²) in [7, 11) is 0. The number of rotatable bonds is 4. The second-order valence-corrected chi connectivity index (χ2v) is 7.81. The van der Waals surface area contributed by atoms with Gasteiger partial charge in [-0.3, -0.25) is 9.59 Å². The molecule has 0 aliphatic carbocycles. The zero-order valence-electron chi connectivity index (χ0n) is 15.4. The number of thiazole rings is 1. The molecule has 2 heterocycles. The first kappa shape index (κ1) is 19.6. The number of nitrogens with two attached hydrogens (primary N) is 1. The number of aromatic nitrogens is 1. The van der Waals surface area contributed by atoms with E-state index in [1.54, 1.807) is 29.2 Å². The van der Waals surface area contributed by atoms with Crippen LogP contribution in [0.25, 0.3) is 21.8 Å². The van der Waals surface area contributed by atoms with Gasteiger partial charge in [-0.05, 0) is 24.3 Å². The molecule has 1 aliphatic heterocycles. The smallest absolute Gasteiger partial charge is 0.254 e. The molecule has 1 aliphatic rings. The lowest BCUT2D eigenvalue weighted by Crippen LogP contribution is -2.40. The highest BCUT2D eigenvalue weighted by molar-refractivity contribution is 7.13. The second-order valence-electron chi connectivity index (χ2n) is 6.55. The Morgan fingerprint density at radius 2 is 1.86 bits per heavy atom.